The Balaban J connectivity index is 1.05. The van der Waals surface area contributed by atoms with Crippen molar-refractivity contribution in [1.29, 1.82) is 0 Å². The second-order valence-corrected chi connectivity index (χ2v) is 13.0. The standard InChI is InChI=1S/C48H30N4/c1-3-11-31(12-4-1)32-19-23-35(24-20-32)45-39-16-8-10-18-43(39)51-48(52-45)37-25-21-33(22-26-37)41-30-28-36-27-29-40-44(34-13-5-2-6-14-34)38-15-7-9-17-42(38)50-47(40)46(36)49-41/h1-30H. The molecule has 7 aromatic carbocycles. The fourth-order valence-electron chi connectivity index (χ4n) is 7.28. The molecule has 4 heteroatoms. The smallest absolute Gasteiger partial charge is 0.160 e. The molecule has 0 radical (unpaired) electrons. The Morgan fingerprint density at radius 1 is 0.288 bits per heavy atom. The molecule has 10 rings (SSSR count). The van der Waals surface area contributed by atoms with Gasteiger partial charge in [-0.05, 0) is 34.9 Å². The summed E-state index contributed by atoms with van der Waals surface area (Å²) in [4.78, 5) is 20.6. The third-order valence-corrected chi connectivity index (χ3v) is 9.88. The first-order valence-corrected chi connectivity index (χ1v) is 17.5. The monoisotopic (exact) mass is 662 g/mol. The Hall–Kier alpha value is -7.04. The average Bonchev–Trinajstić information content (AvgIpc) is 3.23. The van der Waals surface area contributed by atoms with Gasteiger partial charge in [0.25, 0.3) is 0 Å². The van der Waals surface area contributed by atoms with Crippen LogP contribution in [0.4, 0.5) is 0 Å². The van der Waals surface area contributed by atoms with Gasteiger partial charge in [-0.1, -0.05) is 164 Å². The zero-order valence-corrected chi connectivity index (χ0v) is 28.1. The maximum absolute atomic E-state index is 5.25. The zero-order chi connectivity index (χ0) is 34.4. The van der Waals surface area contributed by atoms with Crippen LogP contribution in [0.1, 0.15) is 0 Å². The SMILES string of the molecule is c1ccc(-c2ccc(-c3nc(-c4ccc(-c5ccc6ccc7c(-c8ccccc8)c8ccccc8nc7c6n5)cc4)nc4ccccc34)cc2)cc1. The van der Waals surface area contributed by atoms with E-state index in [1.165, 1.54) is 22.3 Å². The lowest BCUT2D eigenvalue weighted by atomic mass is 9.95. The molecule has 3 heterocycles. The molecular formula is C48H30N4. The van der Waals surface area contributed by atoms with E-state index in [1.807, 2.05) is 24.3 Å². The summed E-state index contributed by atoms with van der Waals surface area (Å²) in [6.45, 7) is 0. The van der Waals surface area contributed by atoms with Crippen LogP contribution in [0.2, 0.25) is 0 Å². The Morgan fingerprint density at radius 3 is 1.60 bits per heavy atom. The van der Waals surface area contributed by atoms with Crippen LogP contribution in [0.5, 0.6) is 0 Å². The topological polar surface area (TPSA) is 51.6 Å². The summed E-state index contributed by atoms with van der Waals surface area (Å²) in [6, 6.07) is 63.2. The molecule has 0 aliphatic heterocycles. The summed E-state index contributed by atoms with van der Waals surface area (Å²) in [5.74, 6) is 0.689. The molecule has 0 fully saturated rings. The lowest BCUT2D eigenvalue weighted by molar-refractivity contribution is 1.23. The molecule has 0 aliphatic carbocycles. The van der Waals surface area contributed by atoms with Crippen molar-refractivity contribution in [3.05, 3.63) is 182 Å². The van der Waals surface area contributed by atoms with E-state index in [0.29, 0.717) is 5.82 Å². The molecule has 0 N–H and O–H groups in total. The van der Waals surface area contributed by atoms with Gasteiger partial charge in [-0.2, -0.15) is 0 Å². The van der Waals surface area contributed by atoms with Crippen LogP contribution in [-0.4, -0.2) is 19.9 Å². The molecule has 0 bridgehead atoms. The predicted octanol–water partition coefficient (Wildman–Crippen LogP) is 12.2. The number of para-hydroxylation sites is 2. The fourth-order valence-corrected chi connectivity index (χ4v) is 7.28. The number of benzene rings is 7. The molecule has 0 unspecified atom stereocenters. The lowest BCUT2D eigenvalue weighted by Gasteiger charge is -2.13. The van der Waals surface area contributed by atoms with Crippen LogP contribution in [0.3, 0.4) is 0 Å². The van der Waals surface area contributed by atoms with Gasteiger partial charge in [-0.25, -0.2) is 19.9 Å². The Bertz CT molecular complexity index is 2920. The maximum Gasteiger partial charge on any atom is 0.160 e. The van der Waals surface area contributed by atoms with E-state index in [4.69, 9.17) is 19.9 Å². The second kappa shape index (κ2) is 12.4. The van der Waals surface area contributed by atoms with Gasteiger partial charge in [-0.3, -0.25) is 0 Å². The van der Waals surface area contributed by atoms with Crippen LogP contribution in [0.15, 0.2) is 182 Å². The van der Waals surface area contributed by atoms with E-state index in [9.17, 15) is 0 Å². The van der Waals surface area contributed by atoms with Crippen molar-refractivity contribution in [2.45, 2.75) is 0 Å². The Labute approximate surface area is 300 Å². The fraction of sp³-hybridized carbons (Fsp3) is 0. The van der Waals surface area contributed by atoms with Crippen LogP contribution >= 0.6 is 0 Å². The second-order valence-electron chi connectivity index (χ2n) is 13.0. The molecule has 10 aromatic rings. The van der Waals surface area contributed by atoms with Crippen molar-refractivity contribution in [1.82, 2.24) is 19.9 Å². The molecule has 0 amide bonds. The molecular weight excluding hydrogens is 633 g/mol. The molecule has 0 atom stereocenters. The number of hydrogen-bond donors (Lipinski definition) is 0. The highest BCUT2D eigenvalue weighted by Gasteiger charge is 2.16. The van der Waals surface area contributed by atoms with Crippen molar-refractivity contribution >= 4 is 43.6 Å². The molecule has 4 nitrogen and oxygen atoms in total. The zero-order valence-electron chi connectivity index (χ0n) is 28.1. The number of aromatic nitrogens is 4. The Morgan fingerprint density at radius 2 is 0.846 bits per heavy atom. The third-order valence-electron chi connectivity index (χ3n) is 9.88. The van der Waals surface area contributed by atoms with Gasteiger partial charge in [-0.15, -0.1) is 0 Å². The van der Waals surface area contributed by atoms with Gasteiger partial charge in [0.15, 0.2) is 5.82 Å². The number of hydrogen-bond acceptors (Lipinski definition) is 4. The van der Waals surface area contributed by atoms with Gasteiger partial charge >= 0.3 is 0 Å². The molecule has 3 aromatic heterocycles. The summed E-state index contributed by atoms with van der Waals surface area (Å²) >= 11 is 0. The first kappa shape index (κ1) is 29.8. The van der Waals surface area contributed by atoms with Crippen LogP contribution < -0.4 is 0 Å². The predicted molar refractivity (Wildman–Crippen MR) is 215 cm³/mol. The van der Waals surface area contributed by atoms with Crippen LogP contribution in [0, 0.1) is 0 Å². The van der Waals surface area contributed by atoms with E-state index in [1.54, 1.807) is 0 Å². The number of pyridine rings is 2. The lowest BCUT2D eigenvalue weighted by Crippen LogP contribution is -1.95. The minimum Gasteiger partial charge on any atom is -0.245 e. The number of rotatable bonds is 5. The van der Waals surface area contributed by atoms with Crippen molar-refractivity contribution in [3.8, 4) is 56.2 Å². The highest BCUT2D eigenvalue weighted by molar-refractivity contribution is 6.16. The Kier molecular flexibility index (Phi) is 7.10. The number of nitrogens with zero attached hydrogens (tertiary/aromatic N) is 4. The van der Waals surface area contributed by atoms with Gasteiger partial charge in [0.05, 0.1) is 33.5 Å². The van der Waals surface area contributed by atoms with Crippen molar-refractivity contribution in [3.63, 3.8) is 0 Å². The minimum absolute atomic E-state index is 0.689. The van der Waals surface area contributed by atoms with Crippen LogP contribution in [0.25, 0.3) is 99.8 Å². The summed E-state index contributed by atoms with van der Waals surface area (Å²) < 4.78 is 0. The third kappa shape index (κ3) is 5.17. The van der Waals surface area contributed by atoms with Gasteiger partial charge in [0.2, 0.25) is 0 Å². The molecule has 0 saturated heterocycles. The first-order chi connectivity index (χ1) is 25.8. The number of fused-ring (bicyclic) bond motifs is 5. The van der Waals surface area contributed by atoms with Crippen molar-refractivity contribution in [2.75, 3.05) is 0 Å². The summed E-state index contributed by atoms with van der Waals surface area (Å²) in [7, 11) is 0. The van der Waals surface area contributed by atoms with E-state index < -0.39 is 0 Å². The summed E-state index contributed by atoms with van der Waals surface area (Å²) in [5.41, 5.74) is 13.2. The molecule has 0 spiro atoms. The van der Waals surface area contributed by atoms with Gasteiger partial charge in [0, 0.05) is 43.8 Å². The largest absolute Gasteiger partial charge is 0.245 e. The van der Waals surface area contributed by atoms with E-state index in [0.717, 1.165) is 71.7 Å². The van der Waals surface area contributed by atoms with E-state index in [-0.39, 0.29) is 0 Å². The van der Waals surface area contributed by atoms with Gasteiger partial charge in [0.1, 0.15) is 0 Å². The average molecular weight is 663 g/mol. The van der Waals surface area contributed by atoms with E-state index >= 15 is 0 Å². The van der Waals surface area contributed by atoms with Crippen LogP contribution in [-0.2, 0) is 0 Å². The maximum atomic E-state index is 5.25. The molecule has 242 valence electrons. The van der Waals surface area contributed by atoms with Gasteiger partial charge < -0.3 is 0 Å². The normalized spacial score (nSPS) is 11.5. The minimum atomic E-state index is 0.689. The molecule has 0 saturated carbocycles. The molecule has 52 heavy (non-hydrogen) atoms. The molecule has 0 aliphatic rings. The van der Waals surface area contributed by atoms with Crippen molar-refractivity contribution in [2.24, 2.45) is 0 Å². The highest BCUT2D eigenvalue weighted by Crippen LogP contribution is 2.38. The highest BCUT2D eigenvalue weighted by atomic mass is 14.9. The summed E-state index contributed by atoms with van der Waals surface area (Å²) in [5, 5.41) is 4.32. The summed E-state index contributed by atoms with van der Waals surface area (Å²) in [6.07, 6.45) is 0. The van der Waals surface area contributed by atoms with E-state index in [2.05, 4.69) is 158 Å². The quantitative estimate of drug-likeness (QED) is 0.136. The van der Waals surface area contributed by atoms with Crippen molar-refractivity contribution < 1.29 is 0 Å². The first-order valence-electron chi connectivity index (χ1n) is 17.5.